The fourth-order valence-electron chi connectivity index (χ4n) is 4.09. The van der Waals surface area contributed by atoms with E-state index >= 15 is 0 Å². The van der Waals surface area contributed by atoms with Gasteiger partial charge < -0.3 is 25.8 Å². The number of nitrogen functional groups attached to an aromatic ring is 1. The monoisotopic (exact) mass is 527 g/mol. The van der Waals surface area contributed by atoms with Crippen LogP contribution in [0.1, 0.15) is 18.7 Å². The van der Waals surface area contributed by atoms with E-state index in [1.54, 1.807) is 12.4 Å². The SMILES string of the molecule is Nc1nc(C(=NOC2C=CCC2)C(=O)NC2C(=O)N3C(C(=O)[O-])=C(C[n+]4ccccc4)CS[C@@H]23)ns1. The van der Waals surface area contributed by atoms with Crippen LogP contribution in [0.25, 0.3) is 0 Å². The molecule has 0 spiro atoms. The minimum atomic E-state index is -1.44. The molecule has 186 valence electrons. The molecule has 0 aromatic carbocycles. The number of thioether (sulfide) groups is 1. The van der Waals surface area contributed by atoms with Crippen LogP contribution < -0.4 is 20.7 Å². The molecule has 2 unspecified atom stereocenters. The molecule has 1 saturated heterocycles. The number of nitrogens with zero attached hydrogens (tertiary/aromatic N) is 5. The Morgan fingerprint density at radius 2 is 2.14 bits per heavy atom. The van der Waals surface area contributed by atoms with Crippen LogP contribution in [-0.2, 0) is 25.8 Å². The van der Waals surface area contributed by atoms with Crippen molar-refractivity contribution in [1.29, 1.82) is 0 Å². The summed E-state index contributed by atoms with van der Waals surface area (Å²) in [7, 11) is 0. The molecule has 5 rings (SSSR count). The van der Waals surface area contributed by atoms with E-state index in [0.717, 1.165) is 24.4 Å². The Labute approximate surface area is 213 Å². The number of fused-ring (bicyclic) bond motifs is 1. The van der Waals surface area contributed by atoms with Crippen molar-refractivity contribution in [3.05, 3.63) is 59.8 Å². The minimum Gasteiger partial charge on any atom is -0.543 e. The van der Waals surface area contributed by atoms with E-state index in [4.69, 9.17) is 10.6 Å². The fourth-order valence-corrected chi connectivity index (χ4v) is 5.86. The highest BCUT2D eigenvalue weighted by atomic mass is 32.2. The number of carbonyl (C=O) groups excluding carboxylic acids is 3. The first-order valence-corrected chi connectivity index (χ1v) is 12.9. The van der Waals surface area contributed by atoms with E-state index < -0.39 is 29.2 Å². The largest absolute Gasteiger partial charge is 0.543 e. The molecule has 1 aliphatic carbocycles. The van der Waals surface area contributed by atoms with Crippen LogP contribution in [0.4, 0.5) is 5.13 Å². The van der Waals surface area contributed by atoms with Gasteiger partial charge in [0.15, 0.2) is 24.1 Å². The number of aromatic nitrogens is 3. The van der Waals surface area contributed by atoms with Gasteiger partial charge in [0.05, 0.1) is 11.7 Å². The van der Waals surface area contributed by atoms with Crippen molar-refractivity contribution in [3.8, 4) is 0 Å². The number of rotatable bonds is 8. The van der Waals surface area contributed by atoms with Gasteiger partial charge in [0.2, 0.25) is 11.5 Å². The van der Waals surface area contributed by atoms with E-state index in [-0.39, 0.29) is 28.5 Å². The summed E-state index contributed by atoms with van der Waals surface area (Å²) in [6.07, 6.45) is 8.69. The zero-order valence-corrected chi connectivity index (χ0v) is 20.4. The molecular weight excluding hydrogens is 506 g/mol. The zero-order chi connectivity index (χ0) is 25.2. The lowest BCUT2D eigenvalue weighted by molar-refractivity contribution is -0.689. The number of hydrogen-bond donors (Lipinski definition) is 2. The molecule has 12 nitrogen and oxygen atoms in total. The van der Waals surface area contributed by atoms with Gasteiger partial charge in [-0.25, -0.2) is 4.57 Å². The van der Waals surface area contributed by atoms with Crippen LogP contribution in [0.3, 0.4) is 0 Å². The van der Waals surface area contributed by atoms with Crippen LogP contribution in [0.5, 0.6) is 0 Å². The Hall–Kier alpha value is -3.78. The van der Waals surface area contributed by atoms with Crippen molar-refractivity contribution in [2.75, 3.05) is 11.5 Å². The van der Waals surface area contributed by atoms with E-state index in [1.165, 1.54) is 16.7 Å². The number of pyridine rings is 1. The number of carboxylic acids is 1. The van der Waals surface area contributed by atoms with Gasteiger partial charge in [-0.15, -0.1) is 11.8 Å². The molecule has 1 fully saturated rings. The number of nitrogens with two attached hydrogens (primary N) is 1. The number of hydrogen-bond acceptors (Lipinski definition) is 11. The molecular formula is C22H21N7O5S2. The predicted molar refractivity (Wildman–Crippen MR) is 128 cm³/mol. The third-order valence-electron chi connectivity index (χ3n) is 5.79. The second-order valence-corrected chi connectivity index (χ2v) is 10.1. The van der Waals surface area contributed by atoms with E-state index in [9.17, 15) is 19.5 Å². The molecule has 4 heterocycles. The number of allylic oxidation sites excluding steroid dienone is 1. The Kier molecular flexibility index (Phi) is 6.69. The summed E-state index contributed by atoms with van der Waals surface area (Å²) in [5, 5.41) is 18.1. The fraction of sp³-hybridized carbons (Fsp3) is 0.318. The number of carboxylic acid groups (broad SMARTS) is 1. The second kappa shape index (κ2) is 10.1. The van der Waals surface area contributed by atoms with Crippen LogP contribution in [0.2, 0.25) is 0 Å². The maximum atomic E-state index is 13.1. The molecule has 36 heavy (non-hydrogen) atoms. The van der Waals surface area contributed by atoms with E-state index in [2.05, 4.69) is 19.8 Å². The van der Waals surface area contributed by atoms with Crippen molar-refractivity contribution < 1.29 is 28.9 Å². The van der Waals surface area contributed by atoms with E-state index in [0.29, 0.717) is 17.9 Å². The number of carbonyl (C=O) groups is 3. The molecule has 0 radical (unpaired) electrons. The van der Waals surface area contributed by atoms with E-state index in [1.807, 2.05) is 34.9 Å². The van der Waals surface area contributed by atoms with Gasteiger partial charge in [0.25, 0.3) is 11.8 Å². The zero-order valence-electron chi connectivity index (χ0n) is 18.8. The summed E-state index contributed by atoms with van der Waals surface area (Å²) in [6, 6.07) is 4.55. The highest BCUT2D eigenvalue weighted by Gasteiger charge is 2.53. The molecule has 3 N–H and O–H groups in total. The molecule has 3 aliphatic rings. The molecule has 14 heteroatoms. The second-order valence-electron chi connectivity index (χ2n) is 8.19. The first-order chi connectivity index (χ1) is 17.4. The van der Waals surface area contributed by atoms with Crippen molar-refractivity contribution in [1.82, 2.24) is 19.6 Å². The van der Waals surface area contributed by atoms with Gasteiger partial charge in [-0.2, -0.15) is 9.36 Å². The molecule has 2 aromatic rings. The smallest absolute Gasteiger partial charge is 0.278 e. The lowest BCUT2D eigenvalue weighted by atomic mass is 10.0. The van der Waals surface area contributed by atoms with Crippen LogP contribution in [-0.4, -0.2) is 61.0 Å². The maximum absolute atomic E-state index is 13.1. The summed E-state index contributed by atoms with van der Waals surface area (Å²) >= 11 is 2.26. The topological polar surface area (TPSA) is 167 Å². The molecule has 0 bridgehead atoms. The molecule has 2 amide bonds. The summed E-state index contributed by atoms with van der Waals surface area (Å²) in [6.45, 7) is 0.297. The van der Waals surface area contributed by atoms with Crippen molar-refractivity contribution in [2.24, 2.45) is 5.16 Å². The molecule has 2 aromatic heterocycles. The van der Waals surface area contributed by atoms with Crippen LogP contribution in [0.15, 0.2) is 59.2 Å². The average Bonchev–Trinajstić information content (AvgIpc) is 3.55. The summed E-state index contributed by atoms with van der Waals surface area (Å²) in [4.78, 5) is 48.8. The van der Waals surface area contributed by atoms with Gasteiger partial charge in [0.1, 0.15) is 17.5 Å². The van der Waals surface area contributed by atoms with Gasteiger partial charge in [0, 0.05) is 35.0 Å². The highest BCUT2D eigenvalue weighted by Crippen LogP contribution is 2.40. The quantitative estimate of drug-likeness (QED) is 0.143. The number of oxime groups is 1. The van der Waals surface area contributed by atoms with Crippen LogP contribution in [0, 0.1) is 0 Å². The normalized spacial score (nSPS) is 23.3. The molecule has 3 atom stereocenters. The van der Waals surface area contributed by atoms with Crippen molar-refractivity contribution >= 4 is 51.9 Å². The summed E-state index contributed by atoms with van der Waals surface area (Å²) < 4.78 is 5.86. The predicted octanol–water partition coefficient (Wildman–Crippen LogP) is -1.05. The lowest BCUT2D eigenvalue weighted by Crippen LogP contribution is -2.71. The van der Waals surface area contributed by atoms with Gasteiger partial charge in [-0.1, -0.05) is 17.3 Å². The Bertz CT molecular complexity index is 1290. The average molecular weight is 528 g/mol. The standard InChI is InChI=1S/C22H21N7O5S2/c23-22-25-17(27-36-22)14(26-34-13-6-2-3-7-13)18(30)24-15-19(31)29-16(21(32)33)12(11-35-20(15)29)10-28-8-4-1-5-9-28/h1-2,4-6,8-9,13,15,20H,3,7,10-11H2,(H3-,23,24,25,27,30,32,33)/t13?,15?,20-/m0/s1. The van der Waals surface area contributed by atoms with Gasteiger partial charge in [-0.3, -0.25) is 14.5 Å². The number of β-lactam (4-membered cyclic amide) rings is 1. The van der Waals surface area contributed by atoms with Gasteiger partial charge >= 0.3 is 0 Å². The van der Waals surface area contributed by atoms with Crippen LogP contribution >= 0.6 is 23.3 Å². The number of nitrogens with one attached hydrogen (secondary N) is 1. The molecule has 0 saturated carbocycles. The van der Waals surface area contributed by atoms with Crippen molar-refractivity contribution in [3.63, 3.8) is 0 Å². The first kappa shape index (κ1) is 23.9. The van der Waals surface area contributed by atoms with Crippen molar-refractivity contribution in [2.45, 2.75) is 36.9 Å². The van der Waals surface area contributed by atoms with Gasteiger partial charge in [-0.05, 0) is 18.9 Å². The number of amides is 2. The Morgan fingerprint density at radius 3 is 2.81 bits per heavy atom. The molecule has 2 aliphatic heterocycles. The minimum absolute atomic E-state index is 0.0191. The number of aliphatic carboxylic acids is 1. The summed E-state index contributed by atoms with van der Waals surface area (Å²) in [5.41, 5.74) is 5.84. The Morgan fingerprint density at radius 1 is 1.33 bits per heavy atom. The first-order valence-electron chi connectivity index (χ1n) is 11.1. The highest BCUT2D eigenvalue weighted by molar-refractivity contribution is 8.00. The maximum Gasteiger partial charge on any atom is 0.278 e. The Balaban J connectivity index is 1.34. The summed E-state index contributed by atoms with van der Waals surface area (Å²) in [5.74, 6) is -2.38. The lowest BCUT2D eigenvalue weighted by Gasteiger charge is -2.50. The third kappa shape index (κ3) is 4.68. The number of anilines is 1. The third-order valence-corrected chi connectivity index (χ3v) is 7.68.